The SMILES string of the molecule is Cn1ccc(CCc2cccc(Br)c2)n1. The van der Waals surface area contributed by atoms with Crippen LogP contribution in [0.25, 0.3) is 0 Å². The maximum Gasteiger partial charge on any atom is 0.0627 e. The fraction of sp³-hybridized carbons (Fsp3) is 0.250. The van der Waals surface area contributed by atoms with Gasteiger partial charge in [-0.25, -0.2) is 0 Å². The first kappa shape index (κ1) is 10.4. The molecule has 0 saturated carbocycles. The minimum atomic E-state index is 0.997. The highest BCUT2D eigenvalue weighted by molar-refractivity contribution is 9.10. The number of nitrogens with zero attached hydrogens (tertiary/aromatic N) is 2. The van der Waals surface area contributed by atoms with Crippen molar-refractivity contribution in [3.8, 4) is 0 Å². The summed E-state index contributed by atoms with van der Waals surface area (Å²) in [6, 6.07) is 10.5. The Morgan fingerprint density at radius 1 is 1.27 bits per heavy atom. The molecule has 0 aliphatic rings. The standard InChI is InChI=1S/C12H13BrN2/c1-15-8-7-12(14-15)6-5-10-3-2-4-11(13)9-10/h2-4,7-9H,5-6H2,1H3. The van der Waals surface area contributed by atoms with Crippen LogP contribution in [-0.4, -0.2) is 9.78 Å². The zero-order chi connectivity index (χ0) is 10.7. The van der Waals surface area contributed by atoms with Crippen molar-refractivity contribution >= 4 is 15.9 Å². The number of aryl methyl sites for hydroxylation is 3. The largest absolute Gasteiger partial charge is 0.276 e. The summed E-state index contributed by atoms with van der Waals surface area (Å²) in [4.78, 5) is 0. The number of aromatic nitrogens is 2. The van der Waals surface area contributed by atoms with E-state index in [1.807, 2.05) is 24.0 Å². The van der Waals surface area contributed by atoms with E-state index < -0.39 is 0 Å². The maximum absolute atomic E-state index is 4.35. The van der Waals surface area contributed by atoms with Gasteiger partial charge in [0.15, 0.2) is 0 Å². The number of halogens is 1. The van der Waals surface area contributed by atoms with Crippen molar-refractivity contribution < 1.29 is 0 Å². The van der Waals surface area contributed by atoms with Gasteiger partial charge in [0.25, 0.3) is 0 Å². The topological polar surface area (TPSA) is 17.8 Å². The van der Waals surface area contributed by atoms with Crippen LogP contribution in [0.15, 0.2) is 41.0 Å². The van der Waals surface area contributed by atoms with Gasteiger partial charge in [-0.3, -0.25) is 4.68 Å². The molecule has 1 aromatic carbocycles. The van der Waals surface area contributed by atoms with Crippen LogP contribution in [0.4, 0.5) is 0 Å². The lowest BCUT2D eigenvalue weighted by Gasteiger charge is -1.99. The van der Waals surface area contributed by atoms with Gasteiger partial charge in [0, 0.05) is 17.7 Å². The normalized spacial score (nSPS) is 10.5. The molecule has 2 nitrogen and oxygen atoms in total. The number of benzene rings is 1. The monoisotopic (exact) mass is 264 g/mol. The van der Waals surface area contributed by atoms with Gasteiger partial charge in [-0.05, 0) is 36.6 Å². The Morgan fingerprint density at radius 2 is 2.13 bits per heavy atom. The summed E-state index contributed by atoms with van der Waals surface area (Å²) >= 11 is 3.47. The molecule has 0 spiro atoms. The van der Waals surface area contributed by atoms with Crippen molar-refractivity contribution in [2.75, 3.05) is 0 Å². The van der Waals surface area contributed by atoms with Gasteiger partial charge in [-0.1, -0.05) is 28.1 Å². The lowest BCUT2D eigenvalue weighted by Crippen LogP contribution is -1.94. The van der Waals surface area contributed by atoms with Gasteiger partial charge in [-0.2, -0.15) is 5.10 Å². The molecule has 0 saturated heterocycles. The molecule has 0 radical (unpaired) electrons. The minimum absolute atomic E-state index is 0.997. The molecule has 0 N–H and O–H groups in total. The van der Waals surface area contributed by atoms with Crippen LogP contribution < -0.4 is 0 Å². The first-order chi connectivity index (χ1) is 7.24. The summed E-state index contributed by atoms with van der Waals surface area (Å²) in [6.45, 7) is 0. The van der Waals surface area contributed by atoms with Crippen LogP contribution in [-0.2, 0) is 19.9 Å². The summed E-state index contributed by atoms with van der Waals surface area (Å²) in [7, 11) is 1.95. The van der Waals surface area contributed by atoms with Crippen molar-refractivity contribution in [2.45, 2.75) is 12.8 Å². The van der Waals surface area contributed by atoms with Crippen molar-refractivity contribution in [3.05, 3.63) is 52.3 Å². The second-order valence-corrected chi connectivity index (χ2v) is 4.53. The lowest BCUT2D eigenvalue weighted by atomic mass is 10.1. The minimum Gasteiger partial charge on any atom is -0.276 e. The Hall–Kier alpha value is -1.09. The Bertz CT molecular complexity index is 448. The second-order valence-electron chi connectivity index (χ2n) is 3.61. The number of hydrogen-bond acceptors (Lipinski definition) is 1. The molecular formula is C12H13BrN2. The first-order valence-corrected chi connectivity index (χ1v) is 5.76. The quantitative estimate of drug-likeness (QED) is 0.834. The first-order valence-electron chi connectivity index (χ1n) is 4.97. The van der Waals surface area contributed by atoms with Crippen LogP contribution in [0.1, 0.15) is 11.3 Å². The highest BCUT2D eigenvalue weighted by Gasteiger charge is 1.98. The highest BCUT2D eigenvalue weighted by Crippen LogP contribution is 2.13. The molecule has 2 aromatic rings. The van der Waals surface area contributed by atoms with Gasteiger partial charge in [0.05, 0.1) is 5.69 Å². The fourth-order valence-corrected chi connectivity index (χ4v) is 2.01. The van der Waals surface area contributed by atoms with Gasteiger partial charge in [0.2, 0.25) is 0 Å². The van der Waals surface area contributed by atoms with E-state index in [1.165, 1.54) is 5.56 Å². The molecule has 1 heterocycles. The molecule has 0 aliphatic heterocycles. The smallest absolute Gasteiger partial charge is 0.0627 e. The predicted molar refractivity (Wildman–Crippen MR) is 64.8 cm³/mol. The summed E-state index contributed by atoms with van der Waals surface area (Å²) in [5.74, 6) is 0. The van der Waals surface area contributed by atoms with Gasteiger partial charge in [0.1, 0.15) is 0 Å². The Balaban J connectivity index is 1.99. The number of hydrogen-bond donors (Lipinski definition) is 0. The zero-order valence-electron chi connectivity index (χ0n) is 8.65. The third-order valence-corrected chi connectivity index (χ3v) is 2.82. The van der Waals surface area contributed by atoms with E-state index in [1.54, 1.807) is 0 Å². The van der Waals surface area contributed by atoms with E-state index in [-0.39, 0.29) is 0 Å². The molecule has 2 rings (SSSR count). The molecule has 0 fully saturated rings. The molecule has 0 amide bonds. The van der Waals surface area contributed by atoms with Crippen molar-refractivity contribution in [3.63, 3.8) is 0 Å². The van der Waals surface area contributed by atoms with E-state index in [4.69, 9.17) is 0 Å². The lowest BCUT2D eigenvalue weighted by molar-refractivity contribution is 0.737. The molecular weight excluding hydrogens is 252 g/mol. The van der Waals surface area contributed by atoms with Crippen LogP contribution in [0.2, 0.25) is 0 Å². The van der Waals surface area contributed by atoms with E-state index in [0.717, 1.165) is 23.0 Å². The number of rotatable bonds is 3. The van der Waals surface area contributed by atoms with Crippen LogP contribution in [0.3, 0.4) is 0 Å². The van der Waals surface area contributed by atoms with E-state index in [0.29, 0.717) is 0 Å². The Kier molecular flexibility index (Phi) is 3.21. The molecule has 0 unspecified atom stereocenters. The van der Waals surface area contributed by atoms with E-state index >= 15 is 0 Å². The summed E-state index contributed by atoms with van der Waals surface area (Å²) in [5.41, 5.74) is 2.49. The second kappa shape index (κ2) is 4.62. The molecule has 0 aliphatic carbocycles. The molecule has 0 atom stereocenters. The average molecular weight is 265 g/mol. The van der Waals surface area contributed by atoms with E-state index in [2.05, 4.69) is 45.3 Å². The van der Waals surface area contributed by atoms with Crippen LogP contribution in [0.5, 0.6) is 0 Å². The summed E-state index contributed by atoms with van der Waals surface area (Å²) < 4.78 is 2.98. The molecule has 0 bridgehead atoms. The highest BCUT2D eigenvalue weighted by atomic mass is 79.9. The van der Waals surface area contributed by atoms with Gasteiger partial charge >= 0.3 is 0 Å². The van der Waals surface area contributed by atoms with Crippen molar-refractivity contribution in [1.82, 2.24) is 9.78 Å². The Morgan fingerprint density at radius 3 is 2.80 bits per heavy atom. The third kappa shape index (κ3) is 2.93. The predicted octanol–water partition coefficient (Wildman–Crippen LogP) is 2.97. The van der Waals surface area contributed by atoms with Gasteiger partial charge in [-0.15, -0.1) is 0 Å². The molecule has 15 heavy (non-hydrogen) atoms. The van der Waals surface area contributed by atoms with E-state index in [9.17, 15) is 0 Å². The molecule has 3 heteroatoms. The summed E-state index contributed by atoms with van der Waals surface area (Å²) in [6.07, 6.45) is 4.02. The van der Waals surface area contributed by atoms with Gasteiger partial charge < -0.3 is 0 Å². The zero-order valence-corrected chi connectivity index (χ0v) is 10.2. The third-order valence-electron chi connectivity index (χ3n) is 2.33. The molecule has 78 valence electrons. The maximum atomic E-state index is 4.35. The Labute approximate surface area is 98.1 Å². The fourth-order valence-electron chi connectivity index (χ4n) is 1.56. The average Bonchev–Trinajstić information content (AvgIpc) is 2.62. The van der Waals surface area contributed by atoms with Crippen molar-refractivity contribution in [1.29, 1.82) is 0 Å². The van der Waals surface area contributed by atoms with Crippen LogP contribution >= 0.6 is 15.9 Å². The van der Waals surface area contributed by atoms with Crippen LogP contribution in [0, 0.1) is 0 Å². The molecule has 1 aromatic heterocycles. The summed E-state index contributed by atoms with van der Waals surface area (Å²) in [5, 5.41) is 4.35. The van der Waals surface area contributed by atoms with Crippen molar-refractivity contribution in [2.24, 2.45) is 7.05 Å².